The summed E-state index contributed by atoms with van der Waals surface area (Å²) in [5, 5.41) is 0. The normalized spacial score (nSPS) is 22.3. The summed E-state index contributed by atoms with van der Waals surface area (Å²) in [6.07, 6.45) is 18.6. The van der Waals surface area contributed by atoms with E-state index in [1.54, 1.807) is 0 Å². The molecule has 3 rings (SSSR count). The zero-order chi connectivity index (χ0) is 10.8. The van der Waals surface area contributed by atoms with Crippen LogP contribution >= 0.6 is 0 Å². The first-order chi connectivity index (χ1) is 7.33. The van der Waals surface area contributed by atoms with Gasteiger partial charge in [-0.15, -0.1) is 0 Å². The van der Waals surface area contributed by atoms with Crippen LogP contribution in [0.1, 0.15) is 109 Å². The van der Waals surface area contributed by atoms with Crippen molar-refractivity contribution in [2.24, 2.45) is 10.8 Å². The van der Waals surface area contributed by atoms with Crippen LogP contribution in [0.5, 0.6) is 0 Å². The Morgan fingerprint density at radius 1 is 0.550 bits per heavy atom. The van der Waals surface area contributed by atoms with Gasteiger partial charge in [-0.05, 0) is 42.9 Å². The van der Waals surface area contributed by atoms with E-state index in [-0.39, 0.29) is 37.1 Å². The van der Waals surface area contributed by atoms with Crippen LogP contribution in [0.2, 0.25) is 0 Å². The van der Waals surface area contributed by atoms with Crippen LogP contribution in [0.3, 0.4) is 0 Å². The van der Waals surface area contributed by atoms with Crippen molar-refractivity contribution in [3.05, 3.63) is 12.2 Å². The van der Waals surface area contributed by atoms with Crippen molar-refractivity contribution in [3.63, 3.8) is 0 Å². The van der Waals surface area contributed by atoms with Crippen LogP contribution in [0, 0.1) is 10.8 Å². The molecule has 3 aliphatic rings. The van der Waals surface area contributed by atoms with Gasteiger partial charge < -0.3 is 0 Å². The average Bonchev–Trinajstić information content (AvgIpc) is 2.98. The van der Waals surface area contributed by atoms with Crippen LogP contribution < -0.4 is 0 Å². The second-order valence-corrected chi connectivity index (χ2v) is 5.65. The Balaban J connectivity index is -0.000000176. The minimum absolute atomic E-state index is 0. The van der Waals surface area contributed by atoms with E-state index < -0.39 is 0 Å². The Kier molecular flexibility index (Phi) is 16.0. The second kappa shape index (κ2) is 11.4. The van der Waals surface area contributed by atoms with Gasteiger partial charge in [0, 0.05) is 0 Å². The van der Waals surface area contributed by atoms with Gasteiger partial charge in [0.15, 0.2) is 0 Å². The van der Waals surface area contributed by atoms with Crippen LogP contribution in [0.4, 0.5) is 0 Å². The van der Waals surface area contributed by atoms with Crippen molar-refractivity contribution in [1.82, 2.24) is 0 Å². The van der Waals surface area contributed by atoms with E-state index in [0.29, 0.717) is 10.8 Å². The summed E-state index contributed by atoms with van der Waals surface area (Å²) in [6.45, 7) is 4.00. The molecule has 2 saturated carbocycles. The van der Waals surface area contributed by atoms with E-state index in [1.807, 2.05) is 13.8 Å². The van der Waals surface area contributed by atoms with Crippen LogP contribution in [0.15, 0.2) is 12.2 Å². The van der Waals surface area contributed by atoms with Gasteiger partial charge in [-0.3, -0.25) is 0 Å². The lowest BCUT2D eigenvalue weighted by molar-refractivity contribution is 0.259. The molecule has 0 heteroatoms. The fourth-order valence-electron chi connectivity index (χ4n) is 4.02. The molecule has 0 aromatic heterocycles. The minimum Gasteiger partial charge on any atom is -0.0817 e. The summed E-state index contributed by atoms with van der Waals surface area (Å²) in [5.41, 5.74) is 1.37. The maximum atomic E-state index is 2.60. The van der Waals surface area contributed by atoms with Crippen molar-refractivity contribution in [1.29, 1.82) is 0 Å². The highest BCUT2D eigenvalue weighted by molar-refractivity contribution is 5.19. The standard InChI is InChI=1S/C13H20.C2H6.5CH4/c1-2-6-12(5-1)9-10-13(11-12)7-3-4-8-13;1-2;;;;;/h9-10H,1-8,11H2;1-2H3;5*1H4. The van der Waals surface area contributed by atoms with Crippen molar-refractivity contribution < 1.29 is 0 Å². The maximum Gasteiger partial charge on any atom is -0.0110 e. The van der Waals surface area contributed by atoms with Gasteiger partial charge in [0.2, 0.25) is 0 Å². The van der Waals surface area contributed by atoms with Crippen LogP contribution in [-0.4, -0.2) is 0 Å². The van der Waals surface area contributed by atoms with Gasteiger partial charge in [-0.1, -0.05) is 88.8 Å². The Morgan fingerprint density at radius 3 is 1.05 bits per heavy atom. The van der Waals surface area contributed by atoms with E-state index in [1.165, 1.54) is 57.8 Å². The third-order valence-corrected chi connectivity index (χ3v) is 4.69. The molecule has 2 spiro atoms. The predicted molar refractivity (Wildman–Crippen MR) is 101 cm³/mol. The lowest BCUT2D eigenvalue weighted by Crippen LogP contribution is -2.18. The minimum atomic E-state index is 0. The van der Waals surface area contributed by atoms with Crippen LogP contribution in [-0.2, 0) is 0 Å². The number of rotatable bonds is 0. The fraction of sp³-hybridized carbons (Fsp3) is 0.900. The molecule has 2 fully saturated rings. The molecule has 0 aromatic carbocycles. The molecule has 0 unspecified atom stereocenters. The molecule has 20 heavy (non-hydrogen) atoms. The van der Waals surface area contributed by atoms with E-state index in [0.717, 1.165) is 0 Å². The molecular formula is C20H46. The summed E-state index contributed by atoms with van der Waals surface area (Å²) in [5.74, 6) is 0. The molecule has 0 nitrogen and oxygen atoms in total. The molecule has 0 aromatic rings. The van der Waals surface area contributed by atoms with Gasteiger partial charge >= 0.3 is 0 Å². The zero-order valence-corrected chi connectivity index (χ0v) is 10.5. The molecule has 3 aliphatic carbocycles. The molecule has 0 atom stereocenters. The summed E-state index contributed by atoms with van der Waals surface area (Å²) < 4.78 is 0. The molecule has 0 heterocycles. The summed E-state index contributed by atoms with van der Waals surface area (Å²) >= 11 is 0. The number of hydrogen-bond donors (Lipinski definition) is 0. The predicted octanol–water partition coefficient (Wildman–Crippen LogP) is 8.27. The Labute approximate surface area is 132 Å². The molecule has 0 bridgehead atoms. The molecule has 0 saturated heterocycles. The molecule has 0 radical (unpaired) electrons. The topological polar surface area (TPSA) is 0 Å². The van der Waals surface area contributed by atoms with Crippen molar-refractivity contribution >= 4 is 0 Å². The monoisotopic (exact) mass is 286 g/mol. The lowest BCUT2D eigenvalue weighted by Gasteiger charge is -2.28. The number of allylic oxidation sites excluding steroid dienone is 2. The Hall–Kier alpha value is -0.260. The molecule has 0 amide bonds. The third kappa shape index (κ3) is 5.26. The highest BCUT2D eigenvalue weighted by Crippen LogP contribution is 2.58. The van der Waals surface area contributed by atoms with E-state index in [9.17, 15) is 0 Å². The van der Waals surface area contributed by atoms with Crippen molar-refractivity contribution in [3.8, 4) is 0 Å². The van der Waals surface area contributed by atoms with Gasteiger partial charge in [0.25, 0.3) is 0 Å². The molecular weight excluding hydrogens is 240 g/mol. The average molecular weight is 287 g/mol. The first-order valence-corrected chi connectivity index (χ1v) is 7.03. The van der Waals surface area contributed by atoms with Crippen molar-refractivity contribution in [2.45, 2.75) is 109 Å². The SMILES string of the molecule is C.C.C.C.C.C1=CC2(CCCC2)CC12CCCC2.CC. The maximum absolute atomic E-state index is 2.60. The van der Waals surface area contributed by atoms with E-state index in [2.05, 4.69) is 12.2 Å². The lowest BCUT2D eigenvalue weighted by atomic mass is 9.76. The number of hydrogen-bond acceptors (Lipinski definition) is 0. The summed E-state index contributed by atoms with van der Waals surface area (Å²) in [4.78, 5) is 0. The zero-order valence-electron chi connectivity index (χ0n) is 10.5. The van der Waals surface area contributed by atoms with E-state index >= 15 is 0 Å². The first kappa shape index (κ1) is 28.0. The molecule has 0 aliphatic heterocycles. The van der Waals surface area contributed by atoms with Crippen molar-refractivity contribution in [2.75, 3.05) is 0 Å². The first-order valence-electron chi connectivity index (χ1n) is 7.03. The fourth-order valence-corrected chi connectivity index (χ4v) is 4.02. The van der Waals surface area contributed by atoms with Gasteiger partial charge in [0.05, 0.1) is 0 Å². The smallest absolute Gasteiger partial charge is 0.0110 e. The third-order valence-electron chi connectivity index (χ3n) is 4.69. The highest BCUT2D eigenvalue weighted by atomic mass is 14.5. The van der Waals surface area contributed by atoms with Crippen LogP contribution in [0.25, 0.3) is 0 Å². The molecule has 0 N–H and O–H groups in total. The highest BCUT2D eigenvalue weighted by Gasteiger charge is 2.45. The Morgan fingerprint density at radius 2 is 0.800 bits per heavy atom. The van der Waals surface area contributed by atoms with Gasteiger partial charge in [0.1, 0.15) is 0 Å². The molecule has 126 valence electrons. The Bertz CT molecular complexity index is 200. The summed E-state index contributed by atoms with van der Waals surface area (Å²) in [7, 11) is 0. The quantitative estimate of drug-likeness (QED) is 0.393. The van der Waals surface area contributed by atoms with Gasteiger partial charge in [-0.2, -0.15) is 0 Å². The largest absolute Gasteiger partial charge is 0.0817 e. The summed E-state index contributed by atoms with van der Waals surface area (Å²) in [6, 6.07) is 0. The second-order valence-electron chi connectivity index (χ2n) is 5.65. The van der Waals surface area contributed by atoms with Gasteiger partial charge in [-0.25, -0.2) is 0 Å². The van der Waals surface area contributed by atoms with E-state index in [4.69, 9.17) is 0 Å².